The third-order valence-corrected chi connectivity index (χ3v) is 3.66. The molecule has 0 bridgehead atoms. The minimum Gasteiger partial charge on any atom is -0.618 e. The number of nitrogens with zero attached hydrogens (tertiary/aromatic N) is 2. The highest BCUT2D eigenvalue weighted by molar-refractivity contribution is 7.99. The number of hydrogen-bond acceptors (Lipinski definition) is 3. The second-order valence-electron chi connectivity index (χ2n) is 5.74. The van der Waals surface area contributed by atoms with E-state index in [0.29, 0.717) is 22.6 Å². The summed E-state index contributed by atoms with van der Waals surface area (Å²) in [4.78, 5) is 14.2. The van der Waals surface area contributed by atoms with Crippen LogP contribution in [0.15, 0.2) is 29.4 Å². The van der Waals surface area contributed by atoms with Crippen molar-refractivity contribution in [3.05, 3.63) is 29.6 Å². The van der Waals surface area contributed by atoms with Crippen LogP contribution in [0.2, 0.25) is 0 Å². The van der Waals surface area contributed by atoms with Crippen molar-refractivity contribution in [3.63, 3.8) is 0 Å². The fraction of sp³-hybridized carbons (Fsp3) is 0.600. The molecular formula is C15H24N2O2S. The van der Waals surface area contributed by atoms with E-state index in [1.165, 1.54) is 18.0 Å². The lowest BCUT2D eigenvalue weighted by Crippen LogP contribution is -2.38. The van der Waals surface area contributed by atoms with Crippen LogP contribution in [-0.2, 0) is 4.79 Å². The van der Waals surface area contributed by atoms with Crippen LogP contribution in [0.1, 0.15) is 27.7 Å². The van der Waals surface area contributed by atoms with Crippen molar-refractivity contribution in [2.45, 2.75) is 32.7 Å². The van der Waals surface area contributed by atoms with E-state index < -0.39 is 0 Å². The predicted molar refractivity (Wildman–Crippen MR) is 82.4 cm³/mol. The van der Waals surface area contributed by atoms with Gasteiger partial charge in [-0.3, -0.25) is 4.79 Å². The molecule has 0 atom stereocenters. The first-order chi connectivity index (χ1) is 9.40. The zero-order chi connectivity index (χ0) is 15.1. The number of aromatic nitrogens is 1. The zero-order valence-corrected chi connectivity index (χ0v) is 13.5. The van der Waals surface area contributed by atoms with Crippen LogP contribution in [-0.4, -0.2) is 29.6 Å². The summed E-state index contributed by atoms with van der Waals surface area (Å²) in [5.41, 5.74) is 0. The van der Waals surface area contributed by atoms with E-state index in [9.17, 15) is 10.0 Å². The molecule has 1 heterocycles. The van der Waals surface area contributed by atoms with Crippen molar-refractivity contribution in [1.82, 2.24) is 4.90 Å². The van der Waals surface area contributed by atoms with Crippen LogP contribution >= 0.6 is 11.8 Å². The monoisotopic (exact) mass is 296 g/mol. The predicted octanol–water partition coefficient (Wildman–Crippen LogP) is 2.55. The molecule has 1 amide bonds. The number of rotatable bonds is 7. The Bertz CT molecular complexity index is 426. The molecular weight excluding hydrogens is 272 g/mol. The van der Waals surface area contributed by atoms with Crippen LogP contribution in [0, 0.1) is 17.0 Å². The van der Waals surface area contributed by atoms with Crippen molar-refractivity contribution >= 4 is 17.7 Å². The molecule has 0 saturated heterocycles. The summed E-state index contributed by atoms with van der Waals surface area (Å²) < 4.78 is 0.799. The first-order valence-corrected chi connectivity index (χ1v) is 7.97. The van der Waals surface area contributed by atoms with Crippen molar-refractivity contribution < 1.29 is 9.52 Å². The first kappa shape index (κ1) is 16.8. The Labute approximate surface area is 125 Å². The van der Waals surface area contributed by atoms with Gasteiger partial charge in [-0.2, -0.15) is 4.73 Å². The molecule has 112 valence electrons. The fourth-order valence-corrected chi connectivity index (χ4v) is 2.73. The molecule has 0 spiro atoms. The molecule has 0 fully saturated rings. The van der Waals surface area contributed by atoms with Crippen molar-refractivity contribution in [1.29, 1.82) is 0 Å². The number of amides is 1. The molecule has 0 N–H and O–H groups in total. The van der Waals surface area contributed by atoms with Gasteiger partial charge in [0.1, 0.15) is 0 Å². The molecule has 1 aromatic rings. The molecule has 0 unspecified atom stereocenters. The molecule has 0 aliphatic heterocycles. The quantitative estimate of drug-likeness (QED) is 0.441. The van der Waals surface area contributed by atoms with Crippen LogP contribution in [0.25, 0.3) is 0 Å². The van der Waals surface area contributed by atoms with Gasteiger partial charge in [0, 0.05) is 25.2 Å². The number of carbonyl (C=O) groups excluding carboxylic acids is 1. The highest BCUT2D eigenvalue weighted by atomic mass is 32.2. The van der Waals surface area contributed by atoms with Crippen molar-refractivity contribution in [2.24, 2.45) is 11.8 Å². The molecule has 0 aliphatic rings. The molecule has 5 heteroatoms. The number of carbonyl (C=O) groups is 1. The van der Waals surface area contributed by atoms with Gasteiger partial charge >= 0.3 is 0 Å². The molecule has 0 aromatic carbocycles. The molecule has 0 radical (unpaired) electrons. The first-order valence-electron chi connectivity index (χ1n) is 6.99. The van der Waals surface area contributed by atoms with Gasteiger partial charge in [0.15, 0.2) is 6.20 Å². The lowest BCUT2D eigenvalue weighted by molar-refractivity contribution is -0.645. The third-order valence-electron chi connectivity index (χ3n) is 2.66. The van der Waals surface area contributed by atoms with E-state index in [0.717, 1.165) is 17.8 Å². The van der Waals surface area contributed by atoms with E-state index in [1.54, 1.807) is 18.2 Å². The Morgan fingerprint density at radius 2 is 1.85 bits per heavy atom. The zero-order valence-electron chi connectivity index (χ0n) is 12.7. The van der Waals surface area contributed by atoms with Gasteiger partial charge in [0.2, 0.25) is 5.91 Å². The average molecular weight is 296 g/mol. The summed E-state index contributed by atoms with van der Waals surface area (Å²) in [5.74, 6) is 1.31. The molecule has 1 rings (SSSR count). The normalized spacial score (nSPS) is 11.1. The maximum atomic E-state index is 12.3. The molecule has 20 heavy (non-hydrogen) atoms. The van der Waals surface area contributed by atoms with Crippen molar-refractivity contribution in [2.75, 3.05) is 18.8 Å². The summed E-state index contributed by atoms with van der Waals surface area (Å²) in [6.07, 6.45) is 1.45. The van der Waals surface area contributed by atoms with E-state index in [2.05, 4.69) is 27.7 Å². The van der Waals surface area contributed by atoms with Gasteiger partial charge in [-0.25, -0.2) is 0 Å². The van der Waals surface area contributed by atoms with Gasteiger partial charge in [0.05, 0.1) is 5.75 Å². The van der Waals surface area contributed by atoms with Crippen LogP contribution in [0.4, 0.5) is 0 Å². The van der Waals surface area contributed by atoms with E-state index in [-0.39, 0.29) is 5.91 Å². The van der Waals surface area contributed by atoms with Gasteiger partial charge in [-0.1, -0.05) is 27.7 Å². The number of pyridine rings is 1. The Morgan fingerprint density at radius 3 is 2.35 bits per heavy atom. The Morgan fingerprint density at radius 1 is 1.25 bits per heavy atom. The topological polar surface area (TPSA) is 47.2 Å². The number of thioether (sulfide) groups is 1. The van der Waals surface area contributed by atoms with Gasteiger partial charge in [0.25, 0.3) is 5.03 Å². The maximum Gasteiger partial charge on any atom is 0.251 e. The standard InChI is InChI=1S/C15H24N2O2S/c1-12(2)9-16(10-13(3)4)14(18)11-20-15-7-5-6-8-17(15)19/h5-8,12-13H,9-11H2,1-4H3. The molecule has 0 aliphatic carbocycles. The Hall–Kier alpha value is -1.23. The summed E-state index contributed by atoms with van der Waals surface area (Å²) in [7, 11) is 0. The fourth-order valence-electron chi connectivity index (χ4n) is 1.91. The lowest BCUT2D eigenvalue weighted by atomic mass is 10.1. The smallest absolute Gasteiger partial charge is 0.251 e. The lowest BCUT2D eigenvalue weighted by Gasteiger charge is -2.26. The summed E-state index contributed by atoms with van der Waals surface area (Å²) in [5, 5.41) is 12.1. The van der Waals surface area contributed by atoms with Crippen LogP contribution < -0.4 is 4.73 Å². The summed E-state index contributed by atoms with van der Waals surface area (Å²) >= 11 is 1.30. The molecule has 1 aromatic heterocycles. The van der Waals surface area contributed by atoms with E-state index in [1.807, 2.05) is 4.90 Å². The van der Waals surface area contributed by atoms with Crippen LogP contribution in [0.5, 0.6) is 0 Å². The third kappa shape index (κ3) is 5.82. The number of hydrogen-bond donors (Lipinski definition) is 0. The largest absolute Gasteiger partial charge is 0.618 e. The van der Waals surface area contributed by atoms with Gasteiger partial charge < -0.3 is 10.1 Å². The van der Waals surface area contributed by atoms with Crippen LogP contribution in [0.3, 0.4) is 0 Å². The Balaban J connectivity index is 2.59. The minimum atomic E-state index is 0.0984. The maximum absolute atomic E-state index is 12.3. The second kappa shape index (κ2) is 8.15. The van der Waals surface area contributed by atoms with Crippen molar-refractivity contribution in [3.8, 4) is 0 Å². The second-order valence-corrected chi connectivity index (χ2v) is 6.74. The van der Waals surface area contributed by atoms with E-state index in [4.69, 9.17) is 0 Å². The molecule has 0 saturated carbocycles. The minimum absolute atomic E-state index is 0.0984. The SMILES string of the molecule is CC(C)CN(CC(C)C)C(=O)CSc1cccc[n+]1[O-]. The summed E-state index contributed by atoms with van der Waals surface area (Å²) in [6.45, 7) is 9.97. The van der Waals surface area contributed by atoms with Gasteiger partial charge in [-0.05, 0) is 29.7 Å². The average Bonchev–Trinajstić information content (AvgIpc) is 2.35. The van der Waals surface area contributed by atoms with Gasteiger partial charge in [-0.15, -0.1) is 0 Å². The summed E-state index contributed by atoms with van der Waals surface area (Å²) in [6, 6.07) is 5.23. The Kier molecular flexibility index (Phi) is 6.85. The molecule has 4 nitrogen and oxygen atoms in total. The van der Waals surface area contributed by atoms with E-state index >= 15 is 0 Å². The highest BCUT2D eigenvalue weighted by Gasteiger charge is 2.18. The highest BCUT2D eigenvalue weighted by Crippen LogP contribution is 2.14.